The molecule has 1 amide bonds. The van der Waals surface area contributed by atoms with E-state index in [-0.39, 0.29) is 18.0 Å². The molecule has 0 bridgehead atoms. The van der Waals surface area contributed by atoms with E-state index in [1.54, 1.807) is 6.07 Å². The molecule has 0 spiro atoms. The molecule has 0 aliphatic carbocycles. The average molecular weight is 337 g/mol. The van der Waals surface area contributed by atoms with Crippen LogP contribution in [0.1, 0.15) is 25.1 Å². The predicted octanol–water partition coefficient (Wildman–Crippen LogP) is 1.95. The molecule has 0 aliphatic rings. The third-order valence-electron chi connectivity index (χ3n) is 3.99. The normalized spacial score (nSPS) is 10.8. The molecule has 0 fully saturated rings. The van der Waals surface area contributed by atoms with Crippen LogP contribution in [0.25, 0.3) is 10.8 Å². The number of rotatable bonds is 5. The SMILES string of the molecule is CCc1ccc2c(=O)n(CC(=O)Nc3ccncn3)nc(CC)c2c1. The van der Waals surface area contributed by atoms with Crippen LogP contribution in [0.2, 0.25) is 0 Å². The highest BCUT2D eigenvalue weighted by molar-refractivity contribution is 5.90. The van der Waals surface area contributed by atoms with Gasteiger partial charge in [-0.25, -0.2) is 14.6 Å². The lowest BCUT2D eigenvalue weighted by Crippen LogP contribution is -2.30. The van der Waals surface area contributed by atoms with Gasteiger partial charge in [0.05, 0.1) is 11.1 Å². The van der Waals surface area contributed by atoms with E-state index in [4.69, 9.17) is 0 Å². The summed E-state index contributed by atoms with van der Waals surface area (Å²) in [6.07, 6.45) is 4.45. The second-order valence-electron chi connectivity index (χ2n) is 5.64. The van der Waals surface area contributed by atoms with Crippen molar-refractivity contribution in [2.45, 2.75) is 33.2 Å². The van der Waals surface area contributed by atoms with Gasteiger partial charge in [-0.15, -0.1) is 0 Å². The van der Waals surface area contributed by atoms with Crippen molar-refractivity contribution in [2.24, 2.45) is 0 Å². The molecule has 2 heterocycles. The quantitative estimate of drug-likeness (QED) is 0.768. The van der Waals surface area contributed by atoms with Crippen molar-refractivity contribution >= 4 is 22.5 Å². The highest BCUT2D eigenvalue weighted by Gasteiger charge is 2.13. The molecule has 25 heavy (non-hydrogen) atoms. The van der Waals surface area contributed by atoms with Gasteiger partial charge >= 0.3 is 0 Å². The number of fused-ring (bicyclic) bond motifs is 1. The molecule has 1 aromatic carbocycles. The molecule has 3 aromatic rings. The van der Waals surface area contributed by atoms with Crippen molar-refractivity contribution in [1.82, 2.24) is 19.7 Å². The maximum absolute atomic E-state index is 12.7. The summed E-state index contributed by atoms with van der Waals surface area (Å²) in [5, 5.41) is 8.46. The summed E-state index contributed by atoms with van der Waals surface area (Å²) in [6, 6.07) is 7.34. The summed E-state index contributed by atoms with van der Waals surface area (Å²) in [4.78, 5) is 32.6. The van der Waals surface area contributed by atoms with Gasteiger partial charge in [-0.05, 0) is 36.6 Å². The number of hydrogen-bond donors (Lipinski definition) is 1. The van der Waals surface area contributed by atoms with Crippen LogP contribution < -0.4 is 10.9 Å². The van der Waals surface area contributed by atoms with Gasteiger partial charge in [-0.2, -0.15) is 5.10 Å². The van der Waals surface area contributed by atoms with Gasteiger partial charge in [0, 0.05) is 11.6 Å². The maximum Gasteiger partial charge on any atom is 0.275 e. The number of amides is 1. The van der Waals surface area contributed by atoms with Gasteiger partial charge < -0.3 is 5.32 Å². The first-order valence-corrected chi connectivity index (χ1v) is 8.20. The third kappa shape index (κ3) is 3.55. The van der Waals surface area contributed by atoms with Gasteiger partial charge in [-0.3, -0.25) is 9.59 Å². The van der Waals surface area contributed by atoms with Gasteiger partial charge in [0.1, 0.15) is 18.7 Å². The lowest BCUT2D eigenvalue weighted by atomic mass is 10.0. The number of hydrogen-bond acceptors (Lipinski definition) is 5. The molecule has 7 heteroatoms. The number of aromatic nitrogens is 4. The fraction of sp³-hybridized carbons (Fsp3) is 0.278. The molecule has 2 aromatic heterocycles. The number of nitrogens with one attached hydrogen (secondary N) is 1. The summed E-state index contributed by atoms with van der Waals surface area (Å²) in [5.41, 5.74) is 1.69. The fourth-order valence-electron chi connectivity index (χ4n) is 2.67. The molecular weight excluding hydrogens is 318 g/mol. The minimum absolute atomic E-state index is 0.165. The maximum atomic E-state index is 12.7. The Kier molecular flexibility index (Phi) is 4.83. The van der Waals surface area contributed by atoms with Gasteiger partial charge in [-0.1, -0.05) is 19.9 Å². The molecule has 1 N–H and O–H groups in total. The fourth-order valence-corrected chi connectivity index (χ4v) is 2.67. The van der Waals surface area contributed by atoms with E-state index in [2.05, 4.69) is 27.3 Å². The Bertz CT molecular complexity index is 966. The molecule has 128 valence electrons. The molecule has 0 aliphatic heterocycles. The van der Waals surface area contributed by atoms with E-state index in [0.29, 0.717) is 17.6 Å². The van der Waals surface area contributed by atoms with E-state index in [9.17, 15) is 9.59 Å². The average Bonchev–Trinajstić information content (AvgIpc) is 2.64. The van der Waals surface area contributed by atoms with Crippen LogP contribution in [-0.2, 0) is 24.2 Å². The molecule has 3 rings (SSSR count). The Morgan fingerprint density at radius 3 is 2.68 bits per heavy atom. The van der Waals surface area contributed by atoms with E-state index in [1.165, 1.54) is 17.2 Å². The van der Waals surface area contributed by atoms with Crippen LogP contribution in [0.4, 0.5) is 5.82 Å². The van der Waals surface area contributed by atoms with Crippen LogP contribution in [-0.4, -0.2) is 25.7 Å². The van der Waals surface area contributed by atoms with Crippen molar-refractivity contribution in [3.8, 4) is 0 Å². The lowest BCUT2D eigenvalue weighted by molar-refractivity contribution is -0.117. The van der Waals surface area contributed by atoms with Crippen LogP contribution in [0.3, 0.4) is 0 Å². The standard InChI is InChI=1S/C18H19N5O2/c1-3-12-5-6-13-14(9-12)15(4-2)22-23(18(13)25)10-17(24)21-16-7-8-19-11-20-16/h5-9,11H,3-4,10H2,1-2H3,(H,19,20,21,24). The third-order valence-corrected chi connectivity index (χ3v) is 3.99. The number of nitrogens with zero attached hydrogens (tertiary/aromatic N) is 4. The largest absolute Gasteiger partial charge is 0.309 e. The predicted molar refractivity (Wildman–Crippen MR) is 95.4 cm³/mol. The molecule has 0 saturated heterocycles. The Hall–Kier alpha value is -3.09. The molecule has 0 saturated carbocycles. The van der Waals surface area contributed by atoms with Crippen molar-refractivity contribution in [1.29, 1.82) is 0 Å². The summed E-state index contributed by atoms with van der Waals surface area (Å²) in [7, 11) is 0. The molecule has 7 nitrogen and oxygen atoms in total. The summed E-state index contributed by atoms with van der Waals surface area (Å²) < 4.78 is 1.21. The van der Waals surface area contributed by atoms with E-state index in [1.807, 2.05) is 25.1 Å². The Labute approximate surface area is 144 Å². The second-order valence-corrected chi connectivity index (χ2v) is 5.64. The number of carbonyl (C=O) groups is 1. The van der Waals surface area contributed by atoms with Crippen molar-refractivity contribution in [3.05, 3.63) is 58.4 Å². The number of anilines is 1. The van der Waals surface area contributed by atoms with Crippen LogP contribution in [0, 0.1) is 0 Å². The van der Waals surface area contributed by atoms with Crippen molar-refractivity contribution < 1.29 is 4.79 Å². The first kappa shape index (κ1) is 16.8. The highest BCUT2D eigenvalue weighted by Crippen LogP contribution is 2.17. The Balaban J connectivity index is 1.95. The zero-order chi connectivity index (χ0) is 17.8. The lowest BCUT2D eigenvalue weighted by Gasteiger charge is -2.11. The van der Waals surface area contributed by atoms with Gasteiger partial charge in [0.25, 0.3) is 5.56 Å². The summed E-state index contributed by atoms with van der Waals surface area (Å²) in [5.74, 6) is 0.0250. The van der Waals surface area contributed by atoms with Crippen molar-refractivity contribution in [2.75, 3.05) is 5.32 Å². The first-order chi connectivity index (χ1) is 12.1. The number of carbonyl (C=O) groups excluding carboxylic acids is 1. The van der Waals surface area contributed by atoms with Crippen LogP contribution in [0.15, 0.2) is 41.6 Å². The zero-order valence-corrected chi connectivity index (χ0v) is 14.2. The molecule has 0 radical (unpaired) electrons. The molecule has 0 unspecified atom stereocenters. The summed E-state index contributed by atoms with van der Waals surface area (Å²) in [6.45, 7) is 3.89. The van der Waals surface area contributed by atoms with Gasteiger partial charge in [0.2, 0.25) is 5.91 Å². The smallest absolute Gasteiger partial charge is 0.275 e. The molecular formula is C18H19N5O2. The minimum atomic E-state index is -0.361. The zero-order valence-electron chi connectivity index (χ0n) is 14.2. The summed E-state index contributed by atoms with van der Waals surface area (Å²) >= 11 is 0. The van der Waals surface area contributed by atoms with E-state index >= 15 is 0 Å². The first-order valence-electron chi connectivity index (χ1n) is 8.20. The minimum Gasteiger partial charge on any atom is -0.309 e. The number of aryl methyl sites for hydroxylation is 2. The van der Waals surface area contributed by atoms with E-state index in [0.717, 1.165) is 23.1 Å². The van der Waals surface area contributed by atoms with Gasteiger partial charge in [0.15, 0.2) is 0 Å². The van der Waals surface area contributed by atoms with Crippen molar-refractivity contribution in [3.63, 3.8) is 0 Å². The Morgan fingerprint density at radius 1 is 1.16 bits per heavy atom. The second kappa shape index (κ2) is 7.21. The van der Waals surface area contributed by atoms with Crippen LogP contribution in [0.5, 0.6) is 0 Å². The number of benzene rings is 1. The topological polar surface area (TPSA) is 89.8 Å². The van der Waals surface area contributed by atoms with E-state index < -0.39 is 0 Å². The van der Waals surface area contributed by atoms with Crippen LogP contribution >= 0.6 is 0 Å². The monoisotopic (exact) mass is 337 g/mol. The highest BCUT2D eigenvalue weighted by atomic mass is 16.2. The molecule has 0 atom stereocenters. The Morgan fingerprint density at radius 2 is 2.00 bits per heavy atom.